The van der Waals surface area contributed by atoms with Gasteiger partial charge in [-0.1, -0.05) is 15.9 Å². The molecule has 94 valence electrons. The lowest BCUT2D eigenvalue weighted by Crippen LogP contribution is -2.05. The number of hydrogen-bond acceptors (Lipinski definition) is 3. The Labute approximate surface area is 111 Å². The summed E-state index contributed by atoms with van der Waals surface area (Å²) in [7, 11) is 0. The van der Waals surface area contributed by atoms with Crippen LogP contribution in [0.25, 0.3) is 0 Å². The number of carboxylic acid groups (broad SMARTS) is 1. The number of rotatable bonds is 4. The monoisotopic (exact) mass is 313 g/mol. The minimum atomic E-state index is -1.15. The van der Waals surface area contributed by atoms with E-state index in [4.69, 9.17) is 9.52 Å². The molecule has 0 amide bonds. The molecule has 0 spiro atoms. The maximum Gasteiger partial charge on any atom is 0.372 e. The normalized spacial score (nSPS) is 10.3. The van der Waals surface area contributed by atoms with E-state index in [1.165, 1.54) is 18.4 Å². The van der Waals surface area contributed by atoms with Gasteiger partial charge < -0.3 is 14.8 Å². The highest BCUT2D eigenvalue weighted by Crippen LogP contribution is 2.20. The van der Waals surface area contributed by atoms with E-state index in [2.05, 4.69) is 21.2 Å². The zero-order valence-corrected chi connectivity index (χ0v) is 10.7. The van der Waals surface area contributed by atoms with Gasteiger partial charge in [0.05, 0.1) is 12.0 Å². The molecule has 2 rings (SSSR count). The van der Waals surface area contributed by atoms with Crippen LogP contribution in [-0.2, 0) is 6.54 Å². The molecule has 0 saturated carbocycles. The van der Waals surface area contributed by atoms with Crippen LogP contribution in [-0.4, -0.2) is 11.1 Å². The number of furan rings is 1. The third-order valence-electron chi connectivity index (χ3n) is 2.34. The Hall–Kier alpha value is -1.82. The van der Waals surface area contributed by atoms with Crippen molar-refractivity contribution < 1.29 is 18.7 Å². The maximum absolute atomic E-state index is 13.5. The molecule has 0 bridgehead atoms. The summed E-state index contributed by atoms with van der Waals surface area (Å²) in [5.74, 6) is -1.70. The van der Waals surface area contributed by atoms with Crippen molar-refractivity contribution in [1.82, 2.24) is 0 Å². The first-order valence-electron chi connectivity index (χ1n) is 5.06. The van der Waals surface area contributed by atoms with Gasteiger partial charge in [-0.05, 0) is 24.3 Å². The summed E-state index contributed by atoms with van der Waals surface area (Å²) in [4.78, 5) is 10.8. The topological polar surface area (TPSA) is 62.5 Å². The molecule has 0 aliphatic rings. The van der Waals surface area contributed by atoms with Gasteiger partial charge >= 0.3 is 5.97 Å². The first-order chi connectivity index (χ1) is 8.58. The first kappa shape index (κ1) is 12.6. The average Bonchev–Trinajstić information content (AvgIpc) is 2.76. The lowest BCUT2D eigenvalue weighted by Gasteiger charge is -2.07. The van der Waals surface area contributed by atoms with Gasteiger partial charge in [0.2, 0.25) is 5.76 Å². The third-order valence-corrected chi connectivity index (χ3v) is 2.83. The summed E-state index contributed by atoms with van der Waals surface area (Å²) in [5, 5.41) is 11.7. The average molecular weight is 314 g/mol. The van der Waals surface area contributed by atoms with E-state index in [1.807, 2.05) is 0 Å². The van der Waals surface area contributed by atoms with E-state index in [0.717, 1.165) is 0 Å². The molecule has 6 heteroatoms. The molecule has 2 aromatic rings. The molecule has 1 heterocycles. The molecule has 0 unspecified atom stereocenters. The van der Waals surface area contributed by atoms with Crippen LogP contribution in [0.4, 0.5) is 10.1 Å². The van der Waals surface area contributed by atoms with Crippen LogP contribution >= 0.6 is 15.9 Å². The summed E-state index contributed by atoms with van der Waals surface area (Å²) >= 11 is 3.16. The number of anilines is 1. The van der Waals surface area contributed by atoms with Gasteiger partial charge in [0.25, 0.3) is 0 Å². The summed E-state index contributed by atoms with van der Waals surface area (Å²) in [5.41, 5.74) is 0.764. The van der Waals surface area contributed by atoms with Crippen molar-refractivity contribution in [2.45, 2.75) is 6.54 Å². The van der Waals surface area contributed by atoms with Gasteiger partial charge in [0.1, 0.15) is 5.82 Å². The van der Waals surface area contributed by atoms with Gasteiger partial charge in [-0.2, -0.15) is 0 Å². The second kappa shape index (κ2) is 5.22. The first-order valence-corrected chi connectivity index (χ1v) is 5.86. The summed E-state index contributed by atoms with van der Waals surface area (Å²) in [6, 6.07) is 6.13. The fourth-order valence-corrected chi connectivity index (χ4v) is 1.82. The zero-order chi connectivity index (χ0) is 13.1. The number of nitrogens with one attached hydrogen (secondary N) is 1. The van der Waals surface area contributed by atoms with E-state index in [-0.39, 0.29) is 12.3 Å². The van der Waals surface area contributed by atoms with Gasteiger partial charge in [0, 0.05) is 16.6 Å². The fraction of sp³-hybridized carbons (Fsp3) is 0.0833. The molecule has 0 aliphatic carbocycles. The molecular weight excluding hydrogens is 305 g/mol. The Balaban J connectivity index is 2.11. The highest BCUT2D eigenvalue weighted by molar-refractivity contribution is 9.10. The predicted octanol–water partition coefficient (Wildman–Crippen LogP) is 3.49. The number of carbonyl (C=O) groups is 1. The summed E-state index contributed by atoms with van der Waals surface area (Å²) < 4.78 is 19.0. The Morgan fingerprint density at radius 2 is 2.22 bits per heavy atom. The summed E-state index contributed by atoms with van der Waals surface area (Å²) in [6.07, 6.45) is 1.29. The van der Waals surface area contributed by atoms with Crippen LogP contribution in [0.5, 0.6) is 0 Å². The highest BCUT2D eigenvalue weighted by Gasteiger charge is 2.13. The highest BCUT2D eigenvalue weighted by atomic mass is 79.9. The maximum atomic E-state index is 13.5. The van der Waals surface area contributed by atoms with Crippen molar-refractivity contribution in [3.05, 3.63) is 52.1 Å². The SMILES string of the molecule is O=C(O)c1occc1CNc1ccc(Br)cc1F. The smallest absolute Gasteiger partial charge is 0.372 e. The molecule has 2 N–H and O–H groups in total. The molecule has 0 radical (unpaired) electrons. The van der Waals surface area contributed by atoms with Crippen LogP contribution in [0.1, 0.15) is 16.1 Å². The fourth-order valence-electron chi connectivity index (χ4n) is 1.49. The number of hydrogen-bond donors (Lipinski definition) is 2. The lowest BCUT2D eigenvalue weighted by molar-refractivity contribution is 0.0661. The molecule has 0 atom stereocenters. The molecule has 0 fully saturated rings. The van der Waals surface area contributed by atoms with Gasteiger partial charge in [-0.15, -0.1) is 0 Å². The van der Waals surface area contributed by atoms with E-state index in [9.17, 15) is 9.18 Å². The van der Waals surface area contributed by atoms with Crippen LogP contribution in [0.2, 0.25) is 0 Å². The van der Waals surface area contributed by atoms with Crippen molar-refractivity contribution in [2.24, 2.45) is 0 Å². The Kier molecular flexibility index (Phi) is 3.66. The summed E-state index contributed by atoms with van der Waals surface area (Å²) in [6.45, 7) is 0.177. The van der Waals surface area contributed by atoms with E-state index >= 15 is 0 Å². The lowest BCUT2D eigenvalue weighted by atomic mass is 10.2. The number of carboxylic acids is 1. The quantitative estimate of drug-likeness (QED) is 0.907. The number of benzene rings is 1. The van der Waals surface area contributed by atoms with Gasteiger partial charge in [-0.3, -0.25) is 0 Å². The molecule has 18 heavy (non-hydrogen) atoms. The number of aromatic carboxylic acids is 1. The van der Waals surface area contributed by atoms with Crippen molar-refractivity contribution in [2.75, 3.05) is 5.32 Å². The largest absolute Gasteiger partial charge is 0.475 e. The minimum absolute atomic E-state index is 0.139. The molecule has 4 nitrogen and oxygen atoms in total. The van der Waals surface area contributed by atoms with Gasteiger partial charge in [-0.25, -0.2) is 9.18 Å². The molecular formula is C12H9BrFNO3. The molecule has 1 aromatic heterocycles. The van der Waals surface area contributed by atoms with Crippen LogP contribution in [0.15, 0.2) is 39.4 Å². The molecule has 0 aliphatic heterocycles. The van der Waals surface area contributed by atoms with E-state index < -0.39 is 11.8 Å². The Morgan fingerprint density at radius 3 is 2.89 bits per heavy atom. The van der Waals surface area contributed by atoms with Crippen molar-refractivity contribution >= 4 is 27.6 Å². The zero-order valence-electron chi connectivity index (χ0n) is 9.11. The van der Waals surface area contributed by atoms with Crippen molar-refractivity contribution in [3.8, 4) is 0 Å². The standard InChI is InChI=1S/C12H9BrFNO3/c13-8-1-2-10(9(14)5-8)15-6-7-3-4-18-11(7)12(16)17/h1-5,15H,6H2,(H,16,17). The minimum Gasteiger partial charge on any atom is -0.475 e. The molecule has 1 aromatic carbocycles. The van der Waals surface area contributed by atoms with Crippen LogP contribution < -0.4 is 5.32 Å². The van der Waals surface area contributed by atoms with Gasteiger partial charge in [0.15, 0.2) is 0 Å². The molecule has 0 saturated heterocycles. The van der Waals surface area contributed by atoms with Crippen LogP contribution in [0, 0.1) is 5.82 Å². The Morgan fingerprint density at radius 1 is 1.44 bits per heavy atom. The predicted molar refractivity (Wildman–Crippen MR) is 67.1 cm³/mol. The van der Waals surface area contributed by atoms with Crippen molar-refractivity contribution in [3.63, 3.8) is 0 Å². The Bertz CT molecular complexity index is 582. The third kappa shape index (κ3) is 2.70. The van der Waals surface area contributed by atoms with E-state index in [0.29, 0.717) is 15.7 Å². The van der Waals surface area contributed by atoms with Crippen molar-refractivity contribution in [1.29, 1.82) is 0 Å². The van der Waals surface area contributed by atoms with Crippen LogP contribution in [0.3, 0.4) is 0 Å². The number of halogens is 2. The second-order valence-electron chi connectivity index (χ2n) is 3.56. The van der Waals surface area contributed by atoms with E-state index in [1.54, 1.807) is 12.1 Å². The second-order valence-corrected chi connectivity index (χ2v) is 4.47.